The van der Waals surface area contributed by atoms with Crippen molar-refractivity contribution < 1.29 is 4.79 Å². The third-order valence-electron chi connectivity index (χ3n) is 6.64. The molecular formula is C29H31N5O. The van der Waals surface area contributed by atoms with E-state index in [1.54, 1.807) is 0 Å². The Labute approximate surface area is 206 Å². The van der Waals surface area contributed by atoms with Gasteiger partial charge >= 0.3 is 6.03 Å². The van der Waals surface area contributed by atoms with Crippen molar-refractivity contribution in [3.05, 3.63) is 95.4 Å². The van der Waals surface area contributed by atoms with E-state index in [4.69, 9.17) is 9.97 Å². The van der Waals surface area contributed by atoms with Gasteiger partial charge in [0.2, 0.25) is 0 Å². The fourth-order valence-electron chi connectivity index (χ4n) is 4.82. The molecule has 1 aliphatic heterocycles. The summed E-state index contributed by atoms with van der Waals surface area (Å²) >= 11 is 0. The first-order valence-electron chi connectivity index (χ1n) is 12.3. The average molecular weight is 466 g/mol. The lowest BCUT2D eigenvalue weighted by Crippen LogP contribution is -2.50. The summed E-state index contributed by atoms with van der Waals surface area (Å²) in [5, 5.41) is 5.29. The minimum absolute atomic E-state index is 0.0568. The lowest BCUT2D eigenvalue weighted by molar-refractivity contribution is 0.208. The molecule has 2 heterocycles. The Morgan fingerprint density at radius 2 is 1.60 bits per heavy atom. The zero-order chi connectivity index (χ0) is 24.2. The Morgan fingerprint density at radius 3 is 2.37 bits per heavy atom. The standard InChI is InChI=1S/C29H31N5O/c1-3-26-25(20-22-10-5-4-6-11-22)28(31-21(2)30-26)33-16-18-34(19-17-33)29(35)32-27-15-9-13-23-12-7-8-14-24(23)27/h4-15H,3,16-20H2,1-2H3,(H,32,35). The first-order valence-corrected chi connectivity index (χ1v) is 12.3. The van der Waals surface area contributed by atoms with E-state index >= 15 is 0 Å². The van der Waals surface area contributed by atoms with Crippen molar-refractivity contribution in [3.8, 4) is 0 Å². The number of nitrogens with zero attached hydrogens (tertiary/aromatic N) is 4. The van der Waals surface area contributed by atoms with Gasteiger partial charge in [-0.2, -0.15) is 0 Å². The van der Waals surface area contributed by atoms with Gasteiger partial charge < -0.3 is 15.1 Å². The molecule has 2 amide bonds. The smallest absolute Gasteiger partial charge is 0.321 e. The molecule has 0 saturated carbocycles. The molecule has 4 aromatic rings. The van der Waals surface area contributed by atoms with Crippen LogP contribution in [0.1, 0.15) is 29.6 Å². The molecule has 0 unspecified atom stereocenters. The third kappa shape index (κ3) is 4.97. The third-order valence-corrected chi connectivity index (χ3v) is 6.64. The average Bonchev–Trinajstić information content (AvgIpc) is 2.90. The van der Waals surface area contributed by atoms with Crippen molar-refractivity contribution in [2.75, 3.05) is 36.4 Å². The van der Waals surface area contributed by atoms with Gasteiger partial charge in [0.25, 0.3) is 0 Å². The van der Waals surface area contributed by atoms with Crippen LogP contribution < -0.4 is 10.2 Å². The van der Waals surface area contributed by atoms with E-state index < -0.39 is 0 Å². The highest BCUT2D eigenvalue weighted by Crippen LogP contribution is 2.27. The number of carbonyl (C=O) groups is 1. The molecule has 1 fully saturated rings. The van der Waals surface area contributed by atoms with Crippen LogP contribution in [0, 0.1) is 6.92 Å². The van der Waals surface area contributed by atoms with Crippen LogP contribution in [0.3, 0.4) is 0 Å². The molecule has 0 aliphatic carbocycles. The molecule has 0 atom stereocenters. The second-order valence-corrected chi connectivity index (χ2v) is 8.97. The summed E-state index contributed by atoms with van der Waals surface area (Å²) in [4.78, 5) is 26.9. The summed E-state index contributed by atoms with van der Waals surface area (Å²) in [5.41, 5.74) is 4.40. The van der Waals surface area contributed by atoms with Crippen molar-refractivity contribution in [3.63, 3.8) is 0 Å². The van der Waals surface area contributed by atoms with Crippen molar-refractivity contribution in [2.24, 2.45) is 0 Å². The van der Waals surface area contributed by atoms with E-state index in [2.05, 4.69) is 53.5 Å². The number of carbonyl (C=O) groups excluding carboxylic acids is 1. The zero-order valence-electron chi connectivity index (χ0n) is 20.4. The molecule has 0 spiro atoms. The molecule has 5 rings (SSSR count). The summed E-state index contributed by atoms with van der Waals surface area (Å²) in [6.07, 6.45) is 1.67. The second-order valence-electron chi connectivity index (χ2n) is 8.97. The highest BCUT2D eigenvalue weighted by Gasteiger charge is 2.25. The number of fused-ring (bicyclic) bond motifs is 1. The van der Waals surface area contributed by atoms with Gasteiger partial charge in [0.05, 0.1) is 5.69 Å². The van der Waals surface area contributed by atoms with Crippen LogP contribution in [0.15, 0.2) is 72.8 Å². The summed E-state index contributed by atoms with van der Waals surface area (Å²) in [5.74, 6) is 1.80. The lowest BCUT2D eigenvalue weighted by Gasteiger charge is -2.36. The predicted octanol–water partition coefficient (Wildman–Crippen LogP) is 5.45. The number of urea groups is 1. The molecule has 1 aliphatic rings. The molecule has 3 aromatic carbocycles. The van der Waals surface area contributed by atoms with E-state index in [1.807, 2.05) is 48.2 Å². The number of hydrogen-bond acceptors (Lipinski definition) is 4. The monoisotopic (exact) mass is 465 g/mol. The van der Waals surface area contributed by atoms with Crippen LogP contribution in [0.25, 0.3) is 10.8 Å². The van der Waals surface area contributed by atoms with Gasteiger partial charge in [0.15, 0.2) is 0 Å². The molecule has 6 heteroatoms. The normalized spacial score (nSPS) is 13.8. The quantitative estimate of drug-likeness (QED) is 0.426. The summed E-state index contributed by atoms with van der Waals surface area (Å²) in [7, 11) is 0. The highest BCUT2D eigenvalue weighted by atomic mass is 16.2. The maximum Gasteiger partial charge on any atom is 0.321 e. The number of rotatable bonds is 5. The van der Waals surface area contributed by atoms with E-state index in [0.29, 0.717) is 13.1 Å². The number of nitrogens with one attached hydrogen (secondary N) is 1. The Balaban J connectivity index is 1.32. The Hall–Kier alpha value is -3.93. The number of aromatic nitrogens is 2. The van der Waals surface area contributed by atoms with Gasteiger partial charge in [-0.25, -0.2) is 14.8 Å². The van der Waals surface area contributed by atoms with Crippen molar-refractivity contribution >= 4 is 28.3 Å². The summed E-state index contributed by atoms with van der Waals surface area (Å²) < 4.78 is 0. The molecule has 0 bridgehead atoms. The lowest BCUT2D eigenvalue weighted by atomic mass is 10.0. The van der Waals surface area contributed by atoms with Crippen molar-refractivity contribution in [1.29, 1.82) is 0 Å². The fraction of sp³-hybridized carbons (Fsp3) is 0.276. The predicted molar refractivity (Wildman–Crippen MR) is 142 cm³/mol. The number of piperazine rings is 1. The maximum absolute atomic E-state index is 13.1. The first-order chi connectivity index (χ1) is 17.1. The maximum atomic E-state index is 13.1. The molecule has 1 aromatic heterocycles. The number of aryl methyl sites for hydroxylation is 2. The van der Waals surface area contributed by atoms with Gasteiger partial charge in [-0.3, -0.25) is 0 Å². The summed E-state index contributed by atoms with van der Waals surface area (Å²) in [6, 6.07) is 24.5. The van der Waals surface area contributed by atoms with Gasteiger partial charge in [-0.05, 0) is 30.4 Å². The second kappa shape index (κ2) is 10.1. The van der Waals surface area contributed by atoms with Crippen LogP contribution in [0.5, 0.6) is 0 Å². The Bertz CT molecular complexity index is 1320. The number of benzene rings is 3. The molecule has 1 saturated heterocycles. The number of amides is 2. The van der Waals surface area contributed by atoms with Crippen molar-refractivity contribution in [2.45, 2.75) is 26.7 Å². The minimum Gasteiger partial charge on any atom is -0.353 e. The van der Waals surface area contributed by atoms with Gasteiger partial charge in [-0.15, -0.1) is 0 Å². The van der Waals surface area contributed by atoms with Gasteiger partial charge in [-0.1, -0.05) is 73.7 Å². The fourth-order valence-corrected chi connectivity index (χ4v) is 4.82. The number of anilines is 2. The highest BCUT2D eigenvalue weighted by molar-refractivity contribution is 6.01. The van der Waals surface area contributed by atoms with Crippen LogP contribution in [0.4, 0.5) is 16.3 Å². The van der Waals surface area contributed by atoms with Crippen LogP contribution in [-0.4, -0.2) is 47.1 Å². The number of hydrogen-bond donors (Lipinski definition) is 1. The van der Waals surface area contributed by atoms with E-state index in [9.17, 15) is 4.79 Å². The first kappa shape index (κ1) is 22.8. The van der Waals surface area contributed by atoms with Crippen LogP contribution >= 0.6 is 0 Å². The molecular weight excluding hydrogens is 434 g/mol. The van der Waals surface area contributed by atoms with E-state index in [-0.39, 0.29) is 6.03 Å². The topological polar surface area (TPSA) is 61.4 Å². The SMILES string of the molecule is CCc1nc(C)nc(N2CCN(C(=O)Nc3cccc4ccccc34)CC2)c1Cc1ccccc1. The zero-order valence-corrected chi connectivity index (χ0v) is 20.4. The molecule has 0 radical (unpaired) electrons. The molecule has 178 valence electrons. The van der Waals surface area contributed by atoms with E-state index in [0.717, 1.165) is 59.7 Å². The Morgan fingerprint density at radius 1 is 0.886 bits per heavy atom. The molecule has 35 heavy (non-hydrogen) atoms. The van der Waals surface area contributed by atoms with Crippen molar-refractivity contribution in [1.82, 2.24) is 14.9 Å². The van der Waals surface area contributed by atoms with Crippen LogP contribution in [-0.2, 0) is 12.8 Å². The van der Waals surface area contributed by atoms with Crippen LogP contribution in [0.2, 0.25) is 0 Å². The van der Waals surface area contributed by atoms with E-state index in [1.165, 1.54) is 11.1 Å². The largest absolute Gasteiger partial charge is 0.353 e. The van der Waals surface area contributed by atoms with Gasteiger partial charge in [0.1, 0.15) is 11.6 Å². The molecule has 1 N–H and O–H groups in total. The summed E-state index contributed by atoms with van der Waals surface area (Å²) in [6.45, 7) is 6.88. The van der Waals surface area contributed by atoms with Gasteiger partial charge in [0, 0.05) is 49.2 Å². The molecule has 6 nitrogen and oxygen atoms in total. The minimum atomic E-state index is -0.0568. The Kier molecular flexibility index (Phi) is 6.62.